The molecule has 0 aliphatic heterocycles. The van der Waals surface area contributed by atoms with Crippen LogP contribution in [0.25, 0.3) is 0 Å². The first-order chi connectivity index (χ1) is 11.8. The van der Waals surface area contributed by atoms with Gasteiger partial charge in [0.1, 0.15) is 5.75 Å². The number of hydrogen-bond acceptors (Lipinski definition) is 6. The molecule has 2 rings (SSSR count). The number of carbonyl (C=O) groups is 2. The SMILES string of the molecule is CNC(=O)C(=O)c1ccccc1Oc1nccc(OCC(F)(F)F)n1. The van der Waals surface area contributed by atoms with Crippen molar-refractivity contribution in [2.45, 2.75) is 6.18 Å². The highest BCUT2D eigenvalue weighted by atomic mass is 19.4. The van der Waals surface area contributed by atoms with Gasteiger partial charge in [0.05, 0.1) is 5.56 Å². The molecule has 0 unspecified atom stereocenters. The molecule has 25 heavy (non-hydrogen) atoms. The van der Waals surface area contributed by atoms with Crippen molar-refractivity contribution in [1.82, 2.24) is 15.3 Å². The summed E-state index contributed by atoms with van der Waals surface area (Å²) in [5.74, 6) is -2.07. The molecule has 0 fully saturated rings. The second-order valence-corrected chi connectivity index (χ2v) is 4.59. The van der Waals surface area contributed by atoms with Crippen molar-refractivity contribution in [3.63, 3.8) is 0 Å². The van der Waals surface area contributed by atoms with Gasteiger partial charge in [0, 0.05) is 19.3 Å². The van der Waals surface area contributed by atoms with Gasteiger partial charge in [-0.3, -0.25) is 9.59 Å². The van der Waals surface area contributed by atoms with E-state index in [-0.39, 0.29) is 23.2 Å². The number of nitrogens with zero attached hydrogens (tertiary/aromatic N) is 2. The maximum Gasteiger partial charge on any atom is 0.422 e. The average Bonchev–Trinajstić information content (AvgIpc) is 2.59. The van der Waals surface area contributed by atoms with Crippen molar-refractivity contribution in [2.75, 3.05) is 13.7 Å². The van der Waals surface area contributed by atoms with Crippen LogP contribution in [0.5, 0.6) is 17.6 Å². The predicted molar refractivity (Wildman–Crippen MR) is 78.5 cm³/mol. The van der Waals surface area contributed by atoms with E-state index in [0.717, 1.165) is 12.3 Å². The van der Waals surface area contributed by atoms with Gasteiger partial charge in [-0.2, -0.15) is 18.2 Å². The number of ketones is 1. The van der Waals surface area contributed by atoms with Crippen molar-refractivity contribution >= 4 is 11.7 Å². The third-order valence-corrected chi connectivity index (χ3v) is 2.76. The molecule has 1 amide bonds. The molecular formula is C15H12F3N3O4. The first-order valence-electron chi connectivity index (χ1n) is 6.86. The number of halogens is 3. The van der Waals surface area contributed by atoms with Gasteiger partial charge >= 0.3 is 12.2 Å². The molecule has 0 spiro atoms. The standard InChI is InChI=1S/C15H12F3N3O4/c1-19-13(23)12(22)9-4-2-3-5-10(9)25-14-20-7-6-11(21-14)24-8-15(16,17)18/h2-7H,8H2,1H3,(H,19,23). The Balaban J connectivity index is 2.20. The lowest BCUT2D eigenvalue weighted by molar-refractivity contribution is -0.154. The van der Waals surface area contributed by atoms with E-state index in [1.54, 1.807) is 6.07 Å². The molecule has 2 aromatic rings. The molecule has 7 nitrogen and oxygen atoms in total. The van der Waals surface area contributed by atoms with Crippen LogP contribution in [0.1, 0.15) is 10.4 Å². The normalized spacial score (nSPS) is 10.9. The number of likely N-dealkylation sites (N-methyl/N-ethyl adjacent to an activating group) is 1. The van der Waals surface area contributed by atoms with Crippen LogP contribution in [0.2, 0.25) is 0 Å². The zero-order valence-corrected chi connectivity index (χ0v) is 12.8. The van der Waals surface area contributed by atoms with Crippen LogP contribution in [0.3, 0.4) is 0 Å². The molecule has 1 N–H and O–H groups in total. The monoisotopic (exact) mass is 355 g/mol. The minimum absolute atomic E-state index is 0.0240. The Morgan fingerprint density at radius 2 is 1.92 bits per heavy atom. The highest BCUT2D eigenvalue weighted by Gasteiger charge is 2.28. The second kappa shape index (κ2) is 7.60. The summed E-state index contributed by atoms with van der Waals surface area (Å²) in [6.07, 6.45) is -3.38. The number of hydrogen-bond donors (Lipinski definition) is 1. The number of aromatic nitrogens is 2. The smallest absolute Gasteiger partial charge is 0.422 e. The molecule has 0 saturated carbocycles. The van der Waals surface area contributed by atoms with Crippen LogP contribution < -0.4 is 14.8 Å². The van der Waals surface area contributed by atoms with Crippen LogP contribution >= 0.6 is 0 Å². The summed E-state index contributed by atoms with van der Waals surface area (Å²) in [5.41, 5.74) is -0.0490. The van der Waals surface area contributed by atoms with E-state index in [2.05, 4.69) is 20.0 Å². The van der Waals surface area contributed by atoms with Crippen LogP contribution in [0.15, 0.2) is 36.5 Å². The van der Waals surface area contributed by atoms with Crippen molar-refractivity contribution in [3.8, 4) is 17.6 Å². The van der Waals surface area contributed by atoms with E-state index in [0.29, 0.717) is 0 Å². The lowest BCUT2D eigenvalue weighted by Crippen LogP contribution is -2.27. The lowest BCUT2D eigenvalue weighted by Gasteiger charge is -2.10. The van der Waals surface area contributed by atoms with Gasteiger partial charge in [-0.1, -0.05) is 12.1 Å². The van der Waals surface area contributed by atoms with Gasteiger partial charge in [-0.05, 0) is 12.1 Å². The Morgan fingerprint density at radius 3 is 2.60 bits per heavy atom. The van der Waals surface area contributed by atoms with Gasteiger partial charge < -0.3 is 14.8 Å². The molecule has 0 bridgehead atoms. The average molecular weight is 355 g/mol. The summed E-state index contributed by atoms with van der Waals surface area (Å²) in [6, 6.07) is 6.60. The Bertz CT molecular complexity index is 781. The molecule has 0 aliphatic rings. The fourth-order valence-electron chi connectivity index (χ4n) is 1.69. The quantitative estimate of drug-likeness (QED) is 0.631. The molecule has 0 radical (unpaired) electrons. The summed E-state index contributed by atoms with van der Waals surface area (Å²) >= 11 is 0. The summed E-state index contributed by atoms with van der Waals surface area (Å²) < 4.78 is 46.3. The highest BCUT2D eigenvalue weighted by molar-refractivity contribution is 6.43. The zero-order chi connectivity index (χ0) is 18.4. The van der Waals surface area contributed by atoms with E-state index in [1.165, 1.54) is 25.2 Å². The fourth-order valence-corrected chi connectivity index (χ4v) is 1.69. The van der Waals surface area contributed by atoms with E-state index in [1.807, 2.05) is 0 Å². The topological polar surface area (TPSA) is 90.4 Å². The van der Waals surface area contributed by atoms with Gasteiger partial charge in [-0.15, -0.1) is 0 Å². The molecule has 10 heteroatoms. The number of benzene rings is 1. The molecule has 1 aromatic carbocycles. The number of Topliss-reactive ketones (excluding diaryl/α,β-unsaturated/α-hetero) is 1. The molecular weight excluding hydrogens is 343 g/mol. The van der Waals surface area contributed by atoms with Crippen LogP contribution in [0, 0.1) is 0 Å². The van der Waals surface area contributed by atoms with E-state index in [9.17, 15) is 22.8 Å². The zero-order valence-electron chi connectivity index (χ0n) is 12.8. The highest BCUT2D eigenvalue weighted by Crippen LogP contribution is 2.25. The predicted octanol–water partition coefficient (Wildman–Crippen LogP) is 2.14. The Kier molecular flexibility index (Phi) is 5.52. The third kappa shape index (κ3) is 5.16. The minimum Gasteiger partial charge on any atom is -0.468 e. The Hall–Kier alpha value is -3.17. The number of ether oxygens (including phenoxy) is 2. The first-order valence-corrected chi connectivity index (χ1v) is 6.86. The van der Waals surface area contributed by atoms with Crippen molar-refractivity contribution in [1.29, 1.82) is 0 Å². The lowest BCUT2D eigenvalue weighted by atomic mass is 10.1. The largest absolute Gasteiger partial charge is 0.468 e. The fraction of sp³-hybridized carbons (Fsp3) is 0.200. The Morgan fingerprint density at radius 1 is 1.20 bits per heavy atom. The van der Waals surface area contributed by atoms with E-state index in [4.69, 9.17) is 4.74 Å². The van der Waals surface area contributed by atoms with Crippen molar-refractivity contribution in [2.24, 2.45) is 0 Å². The summed E-state index contributed by atoms with van der Waals surface area (Å²) in [5, 5.41) is 2.19. The minimum atomic E-state index is -4.52. The van der Waals surface area contributed by atoms with Gasteiger partial charge in [-0.25, -0.2) is 4.98 Å². The van der Waals surface area contributed by atoms with Crippen LogP contribution in [-0.2, 0) is 4.79 Å². The molecule has 1 heterocycles. The number of amides is 1. The summed E-state index contributed by atoms with van der Waals surface area (Å²) in [6.45, 7) is -1.52. The van der Waals surface area contributed by atoms with E-state index < -0.39 is 24.5 Å². The maximum atomic E-state index is 12.2. The third-order valence-electron chi connectivity index (χ3n) is 2.76. The van der Waals surface area contributed by atoms with Crippen molar-refractivity contribution in [3.05, 3.63) is 42.1 Å². The van der Waals surface area contributed by atoms with Gasteiger partial charge in [0.25, 0.3) is 11.7 Å². The maximum absolute atomic E-state index is 12.2. The molecule has 0 atom stereocenters. The number of nitrogens with one attached hydrogen (secondary N) is 1. The number of para-hydroxylation sites is 1. The van der Waals surface area contributed by atoms with Gasteiger partial charge in [0.2, 0.25) is 5.88 Å². The number of carbonyl (C=O) groups excluding carboxylic acids is 2. The molecule has 0 aliphatic carbocycles. The van der Waals surface area contributed by atoms with Gasteiger partial charge in [0.15, 0.2) is 6.61 Å². The van der Waals surface area contributed by atoms with Crippen LogP contribution in [-0.4, -0.2) is 41.5 Å². The first kappa shape index (κ1) is 18.2. The molecule has 0 saturated heterocycles. The number of alkyl halides is 3. The second-order valence-electron chi connectivity index (χ2n) is 4.59. The van der Waals surface area contributed by atoms with E-state index >= 15 is 0 Å². The number of rotatable bonds is 6. The van der Waals surface area contributed by atoms with Crippen LogP contribution in [0.4, 0.5) is 13.2 Å². The van der Waals surface area contributed by atoms with Crippen molar-refractivity contribution < 1.29 is 32.2 Å². The molecule has 132 valence electrons. The molecule has 1 aromatic heterocycles. The summed E-state index contributed by atoms with van der Waals surface area (Å²) in [7, 11) is 1.30. The Labute approximate surface area is 139 Å². The summed E-state index contributed by atoms with van der Waals surface area (Å²) in [4.78, 5) is 30.9.